The third-order valence-corrected chi connectivity index (χ3v) is 12.9. The predicted molar refractivity (Wildman–Crippen MR) is 200 cm³/mol. The number of rotatable bonds is 19. The van der Waals surface area contributed by atoms with Gasteiger partial charge in [0.2, 0.25) is 7.44 Å². The van der Waals surface area contributed by atoms with Crippen molar-refractivity contribution in [1.29, 1.82) is 0 Å². The Kier molecular flexibility index (Phi) is 14.9. The fourth-order valence-electron chi connectivity index (χ4n) is 7.62. The molecule has 0 spiro atoms. The Morgan fingerprint density at radius 2 is 1.31 bits per heavy atom. The summed E-state index contributed by atoms with van der Waals surface area (Å²) in [7, 11) is -3.81. The van der Waals surface area contributed by atoms with Crippen LogP contribution in [0.15, 0.2) is 12.7 Å². The van der Waals surface area contributed by atoms with Crippen LogP contribution < -0.4 is 15.9 Å². The molecule has 2 aromatic heterocycles. The molecule has 51 heavy (non-hydrogen) atoms. The van der Waals surface area contributed by atoms with Crippen LogP contribution in [-0.2, 0) is 34.9 Å². The van der Waals surface area contributed by atoms with E-state index in [9.17, 15) is 14.2 Å². The zero-order valence-corrected chi connectivity index (χ0v) is 33.0. The number of carbonyl (C=O) groups is 2. The second-order valence-corrected chi connectivity index (χ2v) is 18.4. The minimum Gasteiger partial charge on any atom is -0.464 e. The first-order valence-corrected chi connectivity index (χ1v) is 21.1. The van der Waals surface area contributed by atoms with Gasteiger partial charge in [-0.05, 0) is 84.0 Å². The highest BCUT2D eigenvalue weighted by molar-refractivity contribution is 7.59. The van der Waals surface area contributed by atoms with Gasteiger partial charge in [0.1, 0.15) is 29.3 Å². The lowest BCUT2D eigenvalue weighted by atomic mass is 9.80. The number of fused-ring (bicyclic) bond motifs is 1. The highest BCUT2D eigenvalue weighted by Gasteiger charge is 2.43. The molecule has 2 aliphatic carbocycles. The van der Waals surface area contributed by atoms with Gasteiger partial charge in [0.15, 0.2) is 11.5 Å². The summed E-state index contributed by atoms with van der Waals surface area (Å²) in [5, 5.41) is 6.09. The Morgan fingerprint density at radius 3 is 1.78 bits per heavy atom. The van der Waals surface area contributed by atoms with Crippen LogP contribution in [0.3, 0.4) is 0 Å². The van der Waals surface area contributed by atoms with Crippen LogP contribution in [0.25, 0.3) is 11.2 Å². The standard InChI is InChI=1S/C37H64N7O6P/c1-8-10-27-12-16-29(17-13-27)21-48-34(45)36(4,5)42-51(47,25-50-26(3)20-44-24-41-31-32(38)39-23-40-33(31)44)43-37(6,7)35(46)49-22-30-18-14-28(11-9-2)15-19-30/h23-24,26-30H,8-22,25H2,1-7H3,(H2,38,39,40)(H2,42,43,47)/t26-,27?,28?,29?,30?,51?/m1/s1. The van der Waals surface area contributed by atoms with Gasteiger partial charge in [-0.2, -0.15) is 0 Å². The van der Waals surface area contributed by atoms with E-state index in [4.69, 9.17) is 19.9 Å². The van der Waals surface area contributed by atoms with Gasteiger partial charge in [-0.15, -0.1) is 0 Å². The van der Waals surface area contributed by atoms with E-state index in [1.54, 1.807) is 38.6 Å². The first-order valence-electron chi connectivity index (χ1n) is 19.2. The number of nitrogens with two attached hydrogens (primary N) is 1. The third-order valence-electron chi connectivity index (χ3n) is 10.6. The number of aromatic nitrogens is 4. The fraction of sp³-hybridized carbons (Fsp3) is 0.811. The van der Waals surface area contributed by atoms with Gasteiger partial charge in [-0.25, -0.2) is 25.1 Å². The lowest BCUT2D eigenvalue weighted by Crippen LogP contribution is -2.54. The molecule has 2 fully saturated rings. The van der Waals surface area contributed by atoms with Gasteiger partial charge in [-0.1, -0.05) is 65.2 Å². The van der Waals surface area contributed by atoms with Gasteiger partial charge in [0.25, 0.3) is 0 Å². The average Bonchev–Trinajstić information content (AvgIpc) is 3.49. The van der Waals surface area contributed by atoms with E-state index in [-0.39, 0.29) is 12.2 Å². The molecule has 4 rings (SSSR count). The molecular weight excluding hydrogens is 669 g/mol. The van der Waals surface area contributed by atoms with Crippen molar-refractivity contribution in [1.82, 2.24) is 29.7 Å². The van der Waals surface area contributed by atoms with Crippen LogP contribution in [-0.4, -0.2) is 68.2 Å². The summed E-state index contributed by atoms with van der Waals surface area (Å²) in [6.07, 6.45) is 15.9. The van der Waals surface area contributed by atoms with E-state index in [1.807, 2.05) is 6.92 Å². The summed E-state index contributed by atoms with van der Waals surface area (Å²) in [6.45, 7) is 13.9. The van der Waals surface area contributed by atoms with Gasteiger partial charge >= 0.3 is 11.9 Å². The number of hydrogen-bond acceptors (Lipinski definition) is 10. The molecule has 1 atom stereocenters. The highest BCUT2D eigenvalue weighted by Crippen LogP contribution is 2.43. The van der Waals surface area contributed by atoms with Crippen molar-refractivity contribution in [2.45, 2.75) is 149 Å². The summed E-state index contributed by atoms with van der Waals surface area (Å²) < 4.78 is 34.4. The Hall–Kier alpha value is -2.60. The van der Waals surface area contributed by atoms with Crippen LogP contribution in [0.1, 0.15) is 126 Å². The molecule has 4 N–H and O–H groups in total. The number of hydrogen-bond donors (Lipinski definition) is 3. The van der Waals surface area contributed by atoms with Crippen molar-refractivity contribution in [2.24, 2.45) is 23.7 Å². The summed E-state index contributed by atoms with van der Waals surface area (Å²) in [6, 6.07) is 0. The molecule has 2 heterocycles. The lowest BCUT2D eigenvalue weighted by Gasteiger charge is -2.36. The molecule has 0 bridgehead atoms. The van der Waals surface area contributed by atoms with Crippen LogP contribution >= 0.6 is 7.44 Å². The molecule has 14 heteroatoms. The number of nitrogen functional groups attached to an aromatic ring is 1. The van der Waals surface area contributed by atoms with E-state index in [2.05, 4.69) is 39.0 Å². The number of nitrogens with zero attached hydrogens (tertiary/aromatic N) is 4. The largest absolute Gasteiger partial charge is 0.464 e. The molecule has 0 aliphatic heterocycles. The maximum Gasteiger partial charge on any atom is 0.326 e. The zero-order chi connectivity index (χ0) is 37.2. The highest BCUT2D eigenvalue weighted by atomic mass is 31.2. The summed E-state index contributed by atoms with van der Waals surface area (Å²) in [4.78, 5) is 39.6. The van der Waals surface area contributed by atoms with Crippen molar-refractivity contribution >= 4 is 36.4 Å². The number of esters is 2. The number of ether oxygens (including phenoxy) is 3. The SMILES string of the molecule is CCCC1CCC(COC(=O)C(C)(C)NP(=O)(CO[C@H](C)Cn2cnc3c(N)ncnc32)NC(C)(C)C(=O)OCC2CCC(CCC)CC2)CC1. The minimum atomic E-state index is -3.81. The molecule has 0 saturated heterocycles. The molecular formula is C37H64N7O6P. The molecule has 2 aromatic rings. The Balaban J connectivity index is 1.40. The van der Waals surface area contributed by atoms with Gasteiger partial charge < -0.3 is 24.5 Å². The smallest absolute Gasteiger partial charge is 0.326 e. The van der Waals surface area contributed by atoms with Gasteiger partial charge in [-0.3, -0.25) is 14.2 Å². The minimum absolute atomic E-state index is 0.279. The topological polar surface area (TPSA) is 173 Å². The van der Waals surface area contributed by atoms with Crippen LogP contribution in [0.5, 0.6) is 0 Å². The van der Waals surface area contributed by atoms with E-state index in [0.717, 1.165) is 63.2 Å². The average molecular weight is 734 g/mol. The first-order chi connectivity index (χ1) is 24.1. The molecule has 288 valence electrons. The van der Waals surface area contributed by atoms with E-state index in [0.29, 0.717) is 42.8 Å². The summed E-state index contributed by atoms with van der Waals surface area (Å²) >= 11 is 0. The second kappa shape index (κ2) is 18.4. The maximum absolute atomic E-state index is 14.8. The van der Waals surface area contributed by atoms with Gasteiger partial charge in [0, 0.05) is 0 Å². The summed E-state index contributed by atoms with van der Waals surface area (Å²) in [5.74, 6) is 1.43. The third kappa shape index (κ3) is 12.0. The molecule has 2 aliphatic rings. The van der Waals surface area contributed by atoms with Crippen LogP contribution in [0.2, 0.25) is 0 Å². The Labute approximate surface area is 304 Å². The number of nitrogens with one attached hydrogen (secondary N) is 2. The molecule has 0 radical (unpaired) electrons. The molecule has 0 aromatic carbocycles. The quantitative estimate of drug-likeness (QED) is 0.0999. The first kappa shape index (κ1) is 41.2. The van der Waals surface area contributed by atoms with E-state index in [1.165, 1.54) is 32.0 Å². The summed E-state index contributed by atoms with van der Waals surface area (Å²) in [5.41, 5.74) is 4.31. The van der Waals surface area contributed by atoms with Gasteiger partial charge in [0.05, 0.1) is 32.2 Å². The molecule has 2 saturated carbocycles. The van der Waals surface area contributed by atoms with E-state index < -0.39 is 36.6 Å². The normalized spacial score (nSPS) is 23.4. The van der Waals surface area contributed by atoms with Crippen LogP contribution in [0, 0.1) is 23.7 Å². The lowest BCUT2D eigenvalue weighted by molar-refractivity contribution is -0.151. The molecule has 13 nitrogen and oxygen atoms in total. The zero-order valence-electron chi connectivity index (χ0n) is 32.1. The number of anilines is 1. The molecule has 0 unspecified atom stereocenters. The van der Waals surface area contributed by atoms with Crippen molar-refractivity contribution in [3.8, 4) is 0 Å². The Morgan fingerprint density at radius 1 is 0.843 bits per heavy atom. The number of imidazole rings is 1. The Bertz CT molecular complexity index is 1410. The maximum atomic E-state index is 14.8. The van der Waals surface area contributed by atoms with E-state index >= 15 is 0 Å². The van der Waals surface area contributed by atoms with Crippen molar-refractivity contribution in [3.05, 3.63) is 12.7 Å². The number of carbonyl (C=O) groups excluding carboxylic acids is 2. The second-order valence-electron chi connectivity index (χ2n) is 16.2. The van der Waals surface area contributed by atoms with Crippen LogP contribution in [0.4, 0.5) is 5.82 Å². The van der Waals surface area contributed by atoms with Crippen molar-refractivity contribution in [3.63, 3.8) is 0 Å². The van der Waals surface area contributed by atoms with Crippen molar-refractivity contribution < 1.29 is 28.4 Å². The monoisotopic (exact) mass is 733 g/mol. The van der Waals surface area contributed by atoms with Crippen molar-refractivity contribution in [2.75, 3.05) is 25.3 Å². The fourth-order valence-corrected chi connectivity index (χ4v) is 10.3. The molecule has 0 amide bonds. The predicted octanol–water partition coefficient (Wildman–Crippen LogP) is 7.00.